The molecule has 0 radical (unpaired) electrons. The highest BCUT2D eigenvalue weighted by molar-refractivity contribution is 6.33. The number of halogens is 2. The number of benzene rings is 1. The van der Waals surface area contributed by atoms with Gasteiger partial charge in [0.15, 0.2) is 0 Å². The zero-order valence-corrected chi connectivity index (χ0v) is 17.7. The largest absolute Gasteiger partial charge is 0.342 e. The molecule has 2 fully saturated rings. The van der Waals surface area contributed by atoms with E-state index in [0.29, 0.717) is 49.7 Å². The maximum absolute atomic E-state index is 13.2. The third-order valence-electron chi connectivity index (χ3n) is 5.77. The van der Waals surface area contributed by atoms with Gasteiger partial charge in [-0.15, -0.1) is 0 Å². The van der Waals surface area contributed by atoms with Crippen molar-refractivity contribution in [1.29, 1.82) is 0 Å². The number of nitrogens with zero attached hydrogens (tertiary/aromatic N) is 5. The van der Waals surface area contributed by atoms with Gasteiger partial charge in [-0.25, -0.2) is 9.07 Å². The van der Waals surface area contributed by atoms with E-state index in [2.05, 4.69) is 10.00 Å². The molecule has 3 heterocycles. The Labute approximate surface area is 180 Å². The molecule has 160 valence electrons. The van der Waals surface area contributed by atoms with Crippen LogP contribution in [0.25, 0.3) is 5.69 Å². The van der Waals surface area contributed by atoms with E-state index in [1.165, 1.54) is 16.8 Å². The van der Waals surface area contributed by atoms with E-state index in [1.54, 1.807) is 24.0 Å². The lowest BCUT2D eigenvalue weighted by atomic mass is 10.2. The second-order valence-corrected chi connectivity index (χ2v) is 8.15. The summed E-state index contributed by atoms with van der Waals surface area (Å²) in [5.41, 5.74) is 1.48. The fourth-order valence-electron chi connectivity index (χ4n) is 4.02. The van der Waals surface area contributed by atoms with Crippen LogP contribution < -0.4 is 0 Å². The first-order valence-corrected chi connectivity index (χ1v) is 10.6. The minimum Gasteiger partial charge on any atom is -0.342 e. The molecular weight excluding hydrogens is 409 g/mol. The van der Waals surface area contributed by atoms with Crippen LogP contribution >= 0.6 is 11.6 Å². The Balaban J connectivity index is 1.40. The van der Waals surface area contributed by atoms with Crippen molar-refractivity contribution in [2.75, 3.05) is 45.8 Å². The van der Waals surface area contributed by atoms with Crippen LogP contribution in [0.5, 0.6) is 0 Å². The molecule has 4 rings (SSSR count). The lowest BCUT2D eigenvalue weighted by Gasteiger charge is -2.35. The molecule has 1 aromatic carbocycles. The average molecular weight is 434 g/mol. The summed E-state index contributed by atoms with van der Waals surface area (Å²) in [6, 6.07) is 5.79. The van der Waals surface area contributed by atoms with Gasteiger partial charge in [0.05, 0.1) is 23.5 Å². The molecule has 2 amide bonds. The zero-order valence-electron chi connectivity index (χ0n) is 17.0. The molecule has 30 heavy (non-hydrogen) atoms. The number of amides is 2. The van der Waals surface area contributed by atoms with Crippen LogP contribution in [0.15, 0.2) is 24.3 Å². The Hall–Kier alpha value is -2.45. The number of piperazine rings is 1. The highest BCUT2D eigenvalue weighted by atomic mass is 35.5. The number of hydrogen-bond donors (Lipinski definition) is 0. The molecule has 0 saturated carbocycles. The molecule has 1 aromatic heterocycles. The third-order valence-corrected chi connectivity index (χ3v) is 6.12. The predicted molar refractivity (Wildman–Crippen MR) is 111 cm³/mol. The molecule has 2 saturated heterocycles. The molecule has 0 bridgehead atoms. The van der Waals surface area contributed by atoms with Crippen molar-refractivity contribution in [3.05, 3.63) is 46.5 Å². The van der Waals surface area contributed by atoms with Crippen molar-refractivity contribution in [3.63, 3.8) is 0 Å². The number of aromatic nitrogens is 2. The molecule has 9 heteroatoms. The fraction of sp³-hybridized carbons (Fsp3) is 0.476. The SMILES string of the molecule is Cc1nn(-c2ccc(F)cc2)c(Cl)c1C(=O)N1CCN(CC(=O)N2CCCC2)CC1. The van der Waals surface area contributed by atoms with Gasteiger partial charge in [0.2, 0.25) is 5.91 Å². The topological polar surface area (TPSA) is 61.7 Å². The number of rotatable bonds is 4. The van der Waals surface area contributed by atoms with Crippen molar-refractivity contribution in [3.8, 4) is 5.69 Å². The summed E-state index contributed by atoms with van der Waals surface area (Å²) in [6.07, 6.45) is 2.17. The van der Waals surface area contributed by atoms with E-state index >= 15 is 0 Å². The van der Waals surface area contributed by atoms with Crippen molar-refractivity contribution in [2.24, 2.45) is 0 Å². The van der Waals surface area contributed by atoms with Gasteiger partial charge in [0.1, 0.15) is 11.0 Å². The minimum atomic E-state index is -0.351. The van der Waals surface area contributed by atoms with Crippen molar-refractivity contribution in [2.45, 2.75) is 19.8 Å². The van der Waals surface area contributed by atoms with Gasteiger partial charge in [0.25, 0.3) is 5.91 Å². The summed E-state index contributed by atoms with van der Waals surface area (Å²) in [6.45, 7) is 6.21. The number of hydrogen-bond acceptors (Lipinski definition) is 4. The summed E-state index contributed by atoms with van der Waals surface area (Å²) in [5.74, 6) is -0.348. The molecular formula is C21H25ClFN5O2. The number of carbonyl (C=O) groups is 2. The number of likely N-dealkylation sites (tertiary alicyclic amines) is 1. The molecule has 0 atom stereocenters. The monoisotopic (exact) mass is 433 g/mol. The third kappa shape index (κ3) is 4.20. The quantitative estimate of drug-likeness (QED) is 0.742. The summed E-state index contributed by atoms with van der Waals surface area (Å²) < 4.78 is 14.7. The van der Waals surface area contributed by atoms with Crippen molar-refractivity contribution >= 4 is 23.4 Å². The van der Waals surface area contributed by atoms with Crippen LogP contribution in [0, 0.1) is 12.7 Å². The van der Waals surface area contributed by atoms with Crippen LogP contribution in [0.1, 0.15) is 28.9 Å². The minimum absolute atomic E-state index is 0.170. The Morgan fingerprint density at radius 3 is 2.27 bits per heavy atom. The van der Waals surface area contributed by atoms with Gasteiger partial charge in [-0.2, -0.15) is 5.10 Å². The maximum atomic E-state index is 13.2. The normalized spacial score (nSPS) is 17.6. The van der Waals surface area contributed by atoms with E-state index in [-0.39, 0.29) is 22.8 Å². The standard InChI is InChI=1S/C21H25ClFN5O2/c1-15-19(20(22)28(24-15)17-6-4-16(23)5-7-17)21(30)27-12-10-25(11-13-27)14-18(29)26-8-2-3-9-26/h4-7H,2-3,8-14H2,1H3. The van der Waals surface area contributed by atoms with E-state index < -0.39 is 0 Å². The van der Waals surface area contributed by atoms with Crippen LogP contribution in [-0.4, -0.2) is 82.1 Å². The second-order valence-electron chi connectivity index (χ2n) is 7.80. The van der Waals surface area contributed by atoms with Gasteiger partial charge in [-0.3, -0.25) is 14.5 Å². The smallest absolute Gasteiger partial charge is 0.258 e. The summed E-state index contributed by atoms with van der Waals surface area (Å²) in [5, 5.41) is 4.60. The van der Waals surface area contributed by atoms with Crippen LogP contribution in [0.3, 0.4) is 0 Å². The number of carbonyl (C=O) groups excluding carboxylic acids is 2. The lowest BCUT2D eigenvalue weighted by molar-refractivity contribution is -0.131. The molecule has 2 aliphatic heterocycles. The van der Waals surface area contributed by atoms with E-state index in [0.717, 1.165) is 25.9 Å². The average Bonchev–Trinajstić information content (AvgIpc) is 3.37. The van der Waals surface area contributed by atoms with Crippen LogP contribution in [0.4, 0.5) is 4.39 Å². The van der Waals surface area contributed by atoms with Crippen LogP contribution in [-0.2, 0) is 4.79 Å². The first-order chi connectivity index (χ1) is 14.4. The first-order valence-electron chi connectivity index (χ1n) is 10.2. The van der Waals surface area contributed by atoms with Gasteiger partial charge in [-0.05, 0) is 44.0 Å². The Kier molecular flexibility index (Phi) is 6.06. The summed E-state index contributed by atoms with van der Waals surface area (Å²) >= 11 is 6.49. The molecule has 2 aromatic rings. The predicted octanol–water partition coefficient (Wildman–Crippen LogP) is 2.35. The van der Waals surface area contributed by atoms with Gasteiger partial charge >= 0.3 is 0 Å². The summed E-state index contributed by atoms with van der Waals surface area (Å²) in [7, 11) is 0. The van der Waals surface area contributed by atoms with E-state index in [9.17, 15) is 14.0 Å². The molecule has 0 unspecified atom stereocenters. The lowest BCUT2D eigenvalue weighted by Crippen LogP contribution is -2.51. The fourth-order valence-corrected chi connectivity index (χ4v) is 4.37. The van der Waals surface area contributed by atoms with Crippen LogP contribution in [0.2, 0.25) is 5.15 Å². The Morgan fingerprint density at radius 2 is 1.63 bits per heavy atom. The van der Waals surface area contributed by atoms with Gasteiger partial charge in [-0.1, -0.05) is 11.6 Å². The van der Waals surface area contributed by atoms with Crippen molar-refractivity contribution < 1.29 is 14.0 Å². The Bertz CT molecular complexity index is 932. The highest BCUT2D eigenvalue weighted by Gasteiger charge is 2.29. The van der Waals surface area contributed by atoms with Gasteiger partial charge < -0.3 is 9.80 Å². The molecule has 0 N–H and O–H groups in total. The maximum Gasteiger partial charge on any atom is 0.258 e. The molecule has 0 aliphatic carbocycles. The number of aryl methyl sites for hydroxylation is 1. The van der Waals surface area contributed by atoms with E-state index in [1.807, 2.05) is 4.90 Å². The van der Waals surface area contributed by atoms with E-state index in [4.69, 9.17) is 11.6 Å². The zero-order chi connectivity index (χ0) is 21.3. The molecule has 2 aliphatic rings. The van der Waals surface area contributed by atoms with Crippen molar-refractivity contribution in [1.82, 2.24) is 24.5 Å². The first kappa shape index (κ1) is 20.8. The van der Waals surface area contributed by atoms with Gasteiger partial charge in [0, 0.05) is 39.3 Å². The highest BCUT2D eigenvalue weighted by Crippen LogP contribution is 2.25. The second kappa shape index (κ2) is 8.73. The Morgan fingerprint density at radius 1 is 1.00 bits per heavy atom. The molecule has 7 nitrogen and oxygen atoms in total. The summed E-state index contributed by atoms with van der Waals surface area (Å²) in [4.78, 5) is 31.2. The molecule has 0 spiro atoms.